The highest BCUT2D eigenvalue weighted by molar-refractivity contribution is 5.02. The number of hydrogen-bond donors (Lipinski definition) is 0. The van der Waals surface area contributed by atoms with Gasteiger partial charge in [0.15, 0.2) is 0 Å². The van der Waals surface area contributed by atoms with Crippen molar-refractivity contribution in [2.24, 2.45) is 23.7 Å². The summed E-state index contributed by atoms with van der Waals surface area (Å²) < 4.78 is 11.3. The molecular weight excluding hydrogens is 272 g/mol. The van der Waals surface area contributed by atoms with Crippen LogP contribution in [0.1, 0.15) is 58.3 Å². The number of methoxy groups -OCH3 is 1. The molecule has 0 N–H and O–H groups in total. The summed E-state index contributed by atoms with van der Waals surface area (Å²) in [4.78, 5) is 0. The maximum atomic E-state index is 6.06. The van der Waals surface area contributed by atoms with Crippen molar-refractivity contribution in [3.8, 4) is 0 Å². The van der Waals surface area contributed by atoms with Gasteiger partial charge in [-0.05, 0) is 76.0 Å². The van der Waals surface area contributed by atoms with Crippen molar-refractivity contribution in [1.82, 2.24) is 0 Å². The average Bonchev–Trinajstić information content (AvgIpc) is 2.54. The zero-order chi connectivity index (χ0) is 15.9. The fraction of sp³-hybridized carbons (Fsp3) is 0.800. The molecule has 2 aliphatic carbocycles. The Balaban J connectivity index is 1.63. The van der Waals surface area contributed by atoms with E-state index < -0.39 is 0 Å². The zero-order valence-corrected chi connectivity index (χ0v) is 14.6. The molecule has 0 unspecified atom stereocenters. The van der Waals surface area contributed by atoms with E-state index in [1.54, 1.807) is 0 Å². The lowest BCUT2D eigenvalue weighted by atomic mass is 9.78. The Bertz CT molecular complexity index is 358. The first-order valence-electron chi connectivity index (χ1n) is 9.06. The van der Waals surface area contributed by atoms with Crippen LogP contribution in [0.3, 0.4) is 0 Å². The van der Waals surface area contributed by atoms with Crippen molar-refractivity contribution >= 4 is 0 Å². The Morgan fingerprint density at radius 3 is 1.82 bits per heavy atom. The van der Waals surface area contributed by atoms with E-state index in [-0.39, 0.29) is 0 Å². The molecule has 0 atom stereocenters. The van der Waals surface area contributed by atoms with Crippen LogP contribution in [0, 0.1) is 23.7 Å². The van der Waals surface area contributed by atoms with E-state index in [2.05, 4.69) is 20.1 Å². The van der Waals surface area contributed by atoms with E-state index in [4.69, 9.17) is 9.47 Å². The largest absolute Gasteiger partial charge is 0.498 e. The smallest absolute Gasteiger partial charge is 0.0919 e. The summed E-state index contributed by atoms with van der Waals surface area (Å²) in [5.74, 6) is 3.82. The highest BCUT2D eigenvalue weighted by atomic mass is 16.5. The molecule has 126 valence electrons. The first-order chi connectivity index (χ1) is 10.6. The van der Waals surface area contributed by atoms with E-state index >= 15 is 0 Å². The Labute approximate surface area is 137 Å². The van der Waals surface area contributed by atoms with Crippen LogP contribution in [0.25, 0.3) is 0 Å². The van der Waals surface area contributed by atoms with Crippen LogP contribution in [-0.2, 0) is 9.47 Å². The number of allylic oxidation sites excluding steroid dienone is 2. The second-order valence-corrected chi connectivity index (χ2v) is 7.51. The molecule has 0 aromatic carbocycles. The minimum absolute atomic E-state index is 0.570. The van der Waals surface area contributed by atoms with E-state index in [1.807, 2.05) is 7.11 Å². The molecule has 0 radical (unpaired) electrons. The van der Waals surface area contributed by atoms with Crippen molar-refractivity contribution in [3.05, 3.63) is 24.5 Å². The SMILES string of the molecule is C=C(C)C1CCC(C(=C)OCC2CCC(COC)CC2)CC1. The highest BCUT2D eigenvalue weighted by Gasteiger charge is 2.26. The summed E-state index contributed by atoms with van der Waals surface area (Å²) in [5, 5.41) is 0. The molecule has 2 aliphatic rings. The molecule has 2 rings (SSSR count). The predicted molar refractivity (Wildman–Crippen MR) is 92.7 cm³/mol. The second kappa shape index (κ2) is 8.76. The Morgan fingerprint density at radius 1 is 0.818 bits per heavy atom. The molecule has 0 bridgehead atoms. The van der Waals surface area contributed by atoms with Gasteiger partial charge in [0.1, 0.15) is 0 Å². The quantitative estimate of drug-likeness (QED) is 0.466. The third-order valence-electron chi connectivity index (χ3n) is 5.75. The van der Waals surface area contributed by atoms with Gasteiger partial charge in [-0.15, -0.1) is 0 Å². The van der Waals surface area contributed by atoms with Crippen LogP contribution in [0.15, 0.2) is 24.5 Å². The number of ether oxygens (including phenoxy) is 2. The van der Waals surface area contributed by atoms with Crippen molar-refractivity contribution in [2.45, 2.75) is 58.3 Å². The molecule has 2 nitrogen and oxygen atoms in total. The van der Waals surface area contributed by atoms with Crippen molar-refractivity contribution in [2.75, 3.05) is 20.3 Å². The molecule has 2 heteroatoms. The van der Waals surface area contributed by atoms with Crippen LogP contribution in [0.4, 0.5) is 0 Å². The summed E-state index contributed by atoms with van der Waals surface area (Å²) in [6, 6.07) is 0. The molecule has 2 saturated carbocycles. The maximum Gasteiger partial charge on any atom is 0.0919 e. The third kappa shape index (κ3) is 5.15. The first kappa shape index (κ1) is 17.6. The molecule has 0 spiro atoms. The van der Waals surface area contributed by atoms with Gasteiger partial charge in [0.2, 0.25) is 0 Å². The second-order valence-electron chi connectivity index (χ2n) is 7.51. The van der Waals surface area contributed by atoms with Gasteiger partial charge in [-0.1, -0.05) is 18.7 Å². The monoisotopic (exact) mass is 306 g/mol. The van der Waals surface area contributed by atoms with Crippen molar-refractivity contribution in [1.29, 1.82) is 0 Å². The van der Waals surface area contributed by atoms with Gasteiger partial charge in [0.05, 0.1) is 12.4 Å². The lowest BCUT2D eigenvalue weighted by Crippen LogP contribution is -2.23. The molecular formula is C20H34O2. The minimum atomic E-state index is 0.570. The average molecular weight is 306 g/mol. The van der Waals surface area contributed by atoms with Crippen LogP contribution in [0.5, 0.6) is 0 Å². The Hall–Kier alpha value is -0.760. The molecule has 0 heterocycles. The maximum absolute atomic E-state index is 6.06. The molecule has 0 aliphatic heterocycles. The predicted octanol–water partition coefficient (Wildman–Crippen LogP) is 5.35. The minimum Gasteiger partial charge on any atom is -0.498 e. The van der Waals surface area contributed by atoms with Gasteiger partial charge in [0.25, 0.3) is 0 Å². The van der Waals surface area contributed by atoms with E-state index in [0.717, 1.165) is 36.7 Å². The summed E-state index contributed by atoms with van der Waals surface area (Å²) in [7, 11) is 1.81. The molecule has 22 heavy (non-hydrogen) atoms. The van der Waals surface area contributed by atoms with Gasteiger partial charge >= 0.3 is 0 Å². The summed E-state index contributed by atoms with van der Waals surface area (Å²) in [6.45, 7) is 12.3. The van der Waals surface area contributed by atoms with E-state index in [9.17, 15) is 0 Å². The third-order valence-corrected chi connectivity index (χ3v) is 5.75. The topological polar surface area (TPSA) is 18.5 Å². The lowest BCUT2D eigenvalue weighted by Gasteiger charge is -2.32. The van der Waals surface area contributed by atoms with Crippen LogP contribution in [0.2, 0.25) is 0 Å². The summed E-state index contributed by atoms with van der Waals surface area (Å²) in [6.07, 6.45) is 10.1. The van der Waals surface area contributed by atoms with E-state index in [0.29, 0.717) is 5.92 Å². The van der Waals surface area contributed by atoms with Crippen LogP contribution < -0.4 is 0 Å². The number of hydrogen-bond acceptors (Lipinski definition) is 2. The lowest BCUT2D eigenvalue weighted by molar-refractivity contribution is 0.0784. The van der Waals surface area contributed by atoms with Gasteiger partial charge in [-0.3, -0.25) is 0 Å². The Morgan fingerprint density at radius 2 is 1.32 bits per heavy atom. The van der Waals surface area contributed by atoms with Gasteiger partial charge in [-0.2, -0.15) is 0 Å². The molecule has 0 aromatic rings. The van der Waals surface area contributed by atoms with Crippen LogP contribution in [-0.4, -0.2) is 20.3 Å². The van der Waals surface area contributed by atoms with E-state index in [1.165, 1.54) is 56.9 Å². The van der Waals surface area contributed by atoms with Gasteiger partial charge in [-0.25, -0.2) is 0 Å². The Kier molecular flexibility index (Phi) is 7.01. The van der Waals surface area contributed by atoms with Gasteiger partial charge < -0.3 is 9.47 Å². The number of rotatable bonds is 7. The standard InChI is InChI=1S/C20H34O2/c1-15(2)19-9-11-20(12-10-19)16(3)22-14-18-7-5-17(6-8-18)13-21-4/h17-20H,1,3,5-14H2,2,4H3. The summed E-state index contributed by atoms with van der Waals surface area (Å²) in [5.41, 5.74) is 1.35. The molecule has 0 aromatic heterocycles. The fourth-order valence-electron chi connectivity index (χ4n) is 4.05. The normalized spacial score (nSPS) is 32.5. The molecule has 0 saturated heterocycles. The molecule has 2 fully saturated rings. The summed E-state index contributed by atoms with van der Waals surface area (Å²) >= 11 is 0. The molecule has 0 amide bonds. The highest BCUT2D eigenvalue weighted by Crippen LogP contribution is 2.36. The van der Waals surface area contributed by atoms with Crippen LogP contribution >= 0.6 is 0 Å². The van der Waals surface area contributed by atoms with Crippen molar-refractivity contribution < 1.29 is 9.47 Å². The van der Waals surface area contributed by atoms with Crippen molar-refractivity contribution in [3.63, 3.8) is 0 Å². The zero-order valence-electron chi connectivity index (χ0n) is 14.6. The first-order valence-corrected chi connectivity index (χ1v) is 9.06. The van der Waals surface area contributed by atoms with Gasteiger partial charge in [0, 0.05) is 19.6 Å². The fourth-order valence-corrected chi connectivity index (χ4v) is 4.05.